The average Bonchev–Trinajstić information content (AvgIpc) is 2.28. The summed E-state index contributed by atoms with van der Waals surface area (Å²) in [6.45, 7) is 3.94. The first kappa shape index (κ1) is 12.3. The second-order valence-corrected chi connectivity index (χ2v) is 4.83. The lowest BCUT2D eigenvalue weighted by Crippen LogP contribution is -2.58. The molecule has 0 aromatic rings. The van der Waals surface area contributed by atoms with Gasteiger partial charge in [-0.1, -0.05) is 6.92 Å². The molecule has 4 atom stereocenters. The highest BCUT2D eigenvalue weighted by Gasteiger charge is 2.57. The normalized spacial score (nSPS) is 48.0. The third kappa shape index (κ3) is 1.76. The minimum Gasteiger partial charge on any atom is -0.350 e. The molecule has 0 amide bonds. The van der Waals surface area contributed by atoms with Gasteiger partial charge in [0.2, 0.25) is 11.6 Å². The van der Waals surface area contributed by atoms with Gasteiger partial charge in [-0.2, -0.15) is 14.7 Å². The van der Waals surface area contributed by atoms with Crippen molar-refractivity contribution in [2.24, 2.45) is 11.8 Å². The number of ether oxygens (including phenoxy) is 1. The summed E-state index contributed by atoms with van der Waals surface area (Å²) in [5.74, 6) is -0.922. The number of fused-ring (bicyclic) bond motifs is 2. The van der Waals surface area contributed by atoms with Gasteiger partial charge in [-0.05, 0) is 19.8 Å². The minimum absolute atomic E-state index is 0.220. The van der Waals surface area contributed by atoms with Crippen molar-refractivity contribution >= 4 is 0 Å². The molecule has 0 aromatic carbocycles. The molecule has 0 aromatic heterocycles. The van der Waals surface area contributed by atoms with E-state index in [-0.39, 0.29) is 5.92 Å². The van der Waals surface area contributed by atoms with Crippen LogP contribution < -0.4 is 0 Å². The zero-order valence-corrected chi connectivity index (χ0v) is 10.3. The summed E-state index contributed by atoms with van der Waals surface area (Å²) < 4.78 is 5.49. The number of methoxy groups -OCH3 is 1. The third-order valence-corrected chi connectivity index (χ3v) is 3.91. The molecule has 1 saturated carbocycles. The molecule has 94 valence electrons. The van der Waals surface area contributed by atoms with E-state index in [2.05, 4.69) is 6.92 Å². The van der Waals surface area contributed by atoms with E-state index in [1.165, 1.54) is 7.11 Å². The number of hydrogen-bond acceptors (Lipinski definition) is 5. The third-order valence-electron chi connectivity index (χ3n) is 3.91. The Kier molecular flexibility index (Phi) is 3.25. The molecular formula is C11H20O5. The van der Waals surface area contributed by atoms with Crippen LogP contribution in [0.25, 0.3) is 0 Å². The van der Waals surface area contributed by atoms with E-state index in [1.807, 2.05) is 6.92 Å². The van der Waals surface area contributed by atoms with Crippen molar-refractivity contribution in [3.63, 3.8) is 0 Å². The molecule has 1 heterocycles. The lowest BCUT2D eigenvalue weighted by molar-refractivity contribution is -0.590. The van der Waals surface area contributed by atoms with E-state index in [4.69, 9.17) is 24.3 Å². The van der Waals surface area contributed by atoms with E-state index in [0.717, 1.165) is 19.3 Å². The first-order valence-electron chi connectivity index (χ1n) is 5.70. The largest absolute Gasteiger partial charge is 0.350 e. The first-order chi connectivity index (χ1) is 7.56. The van der Waals surface area contributed by atoms with Gasteiger partial charge in [0, 0.05) is 25.4 Å². The van der Waals surface area contributed by atoms with Crippen LogP contribution in [0.2, 0.25) is 0 Å². The summed E-state index contributed by atoms with van der Waals surface area (Å²) in [6, 6.07) is 0. The lowest BCUT2D eigenvalue weighted by Gasteiger charge is -2.51. The zero-order valence-electron chi connectivity index (χ0n) is 10.3. The molecule has 1 aliphatic heterocycles. The fourth-order valence-electron chi connectivity index (χ4n) is 2.67. The molecule has 2 aliphatic rings. The second kappa shape index (κ2) is 4.23. The average molecular weight is 232 g/mol. The van der Waals surface area contributed by atoms with Crippen LogP contribution in [0.4, 0.5) is 0 Å². The Bertz CT molecular complexity index is 259. The van der Waals surface area contributed by atoms with Crippen molar-refractivity contribution in [2.45, 2.75) is 44.7 Å². The molecule has 5 heteroatoms. The van der Waals surface area contributed by atoms with E-state index in [9.17, 15) is 0 Å². The smallest absolute Gasteiger partial charge is 0.234 e. The summed E-state index contributed by atoms with van der Waals surface area (Å²) in [5.41, 5.74) is 0. The van der Waals surface area contributed by atoms with Gasteiger partial charge in [0.25, 0.3) is 0 Å². The van der Waals surface area contributed by atoms with Gasteiger partial charge in [-0.15, -0.1) is 0 Å². The van der Waals surface area contributed by atoms with Crippen molar-refractivity contribution in [1.29, 1.82) is 0 Å². The maximum Gasteiger partial charge on any atom is 0.234 e. The quantitative estimate of drug-likeness (QED) is 0.550. The van der Waals surface area contributed by atoms with E-state index < -0.39 is 11.6 Å². The van der Waals surface area contributed by atoms with Crippen molar-refractivity contribution in [2.75, 3.05) is 14.2 Å². The fraction of sp³-hybridized carbons (Fsp3) is 1.00. The molecule has 1 saturated heterocycles. The van der Waals surface area contributed by atoms with Crippen LogP contribution in [-0.2, 0) is 24.3 Å². The summed E-state index contributed by atoms with van der Waals surface area (Å²) in [7, 11) is 3.13. The van der Waals surface area contributed by atoms with Gasteiger partial charge in [-0.3, -0.25) is 0 Å². The summed E-state index contributed by atoms with van der Waals surface area (Å²) in [4.78, 5) is 20.7. The highest BCUT2D eigenvalue weighted by Crippen LogP contribution is 2.50. The maximum atomic E-state index is 5.49. The van der Waals surface area contributed by atoms with Gasteiger partial charge in [0.05, 0.1) is 7.11 Å². The van der Waals surface area contributed by atoms with Gasteiger partial charge >= 0.3 is 0 Å². The molecule has 5 nitrogen and oxygen atoms in total. The van der Waals surface area contributed by atoms with Gasteiger partial charge in [0.1, 0.15) is 0 Å². The Labute approximate surface area is 95.8 Å². The Balaban J connectivity index is 2.15. The molecule has 2 fully saturated rings. The Hall–Kier alpha value is -0.200. The molecular weight excluding hydrogens is 212 g/mol. The highest BCUT2D eigenvalue weighted by atomic mass is 17.3. The number of rotatable bonds is 3. The summed E-state index contributed by atoms with van der Waals surface area (Å²) in [5, 5.41) is 0. The van der Waals surface area contributed by atoms with Gasteiger partial charge in [0.15, 0.2) is 0 Å². The topological polar surface area (TPSA) is 46.2 Å². The van der Waals surface area contributed by atoms with Crippen LogP contribution in [0.5, 0.6) is 0 Å². The van der Waals surface area contributed by atoms with E-state index >= 15 is 0 Å². The Morgan fingerprint density at radius 2 is 1.94 bits per heavy atom. The standard InChI is InChI=1S/C11H20O5/c1-8-5-6-9-7-11(8,12-3)16-15-10(9,2)14-13-4/h8-9H,5-7H2,1-4H3/t8-,9+,10-,11+/m0/s1. The van der Waals surface area contributed by atoms with Gasteiger partial charge < -0.3 is 4.74 Å². The maximum absolute atomic E-state index is 5.49. The Morgan fingerprint density at radius 1 is 1.19 bits per heavy atom. The highest BCUT2D eigenvalue weighted by molar-refractivity contribution is 4.92. The van der Waals surface area contributed by atoms with Gasteiger partial charge in [-0.25, -0.2) is 4.89 Å². The lowest BCUT2D eigenvalue weighted by atomic mass is 9.74. The molecule has 0 N–H and O–H groups in total. The molecule has 2 bridgehead atoms. The molecule has 2 rings (SSSR count). The SMILES string of the molecule is COO[C@@]1(C)OO[C@]2(OC)C[C@H]1CC[C@@H]2C. The zero-order chi connectivity index (χ0) is 11.8. The van der Waals surface area contributed by atoms with Crippen LogP contribution in [0.1, 0.15) is 33.1 Å². The predicted octanol–water partition coefficient (Wildman–Crippen LogP) is 2.02. The van der Waals surface area contributed by atoms with Crippen molar-refractivity contribution < 1.29 is 24.3 Å². The van der Waals surface area contributed by atoms with Crippen molar-refractivity contribution in [3.8, 4) is 0 Å². The monoisotopic (exact) mass is 232 g/mol. The summed E-state index contributed by atoms with van der Waals surface area (Å²) in [6.07, 6.45) is 2.82. The van der Waals surface area contributed by atoms with E-state index in [1.54, 1.807) is 7.11 Å². The van der Waals surface area contributed by atoms with Crippen LogP contribution in [-0.4, -0.2) is 25.8 Å². The van der Waals surface area contributed by atoms with Crippen molar-refractivity contribution in [3.05, 3.63) is 0 Å². The fourth-order valence-corrected chi connectivity index (χ4v) is 2.67. The number of hydrogen-bond donors (Lipinski definition) is 0. The van der Waals surface area contributed by atoms with E-state index in [0.29, 0.717) is 5.92 Å². The molecule has 0 unspecified atom stereocenters. The van der Waals surface area contributed by atoms with Crippen LogP contribution in [0, 0.1) is 11.8 Å². The van der Waals surface area contributed by atoms with Crippen LogP contribution >= 0.6 is 0 Å². The molecule has 0 radical (unpaired) electrons. The molecule has 1 aliphatic carbocycles. The first-order valence-corrected chi connectivity index (χ1v) is 5.70. The molecule has 16 heavy (non-hydrogen) atoms. The van der Waals surface area contributed by atoms with Crippen LogP contribution in [0.15, 0.2) is 0 Å². The Morgan fingerprint density at radius 3 is 2.56 bits per heavy atom. The summed E-state index contributed by atoms with van der Waals surface area (Å²) >= 11 is 0. The minimum atomic E-state index is -0.836. The predicted molar refractivity (Wildman–Crippen MR) is 54.9 cm³/mol. The second-order valence-electron chi connectivity index (χ2n) is 4.83. The van der Waals surface area contributed by atoms with Crippen LogP contribution in [0.3, 0.4) is 0 Å². The van der Waals surface area contributed by atoms with Crippen molar-refractivity contribution in [1.82, 2.24) is 0 Å². The molecule has 0 spiro atoms.